The van der Waals surface area contributed by atoms with Gasteiger partial charge in [0.2, 0.25) is 11.8 Å². The summed E-state index contributed by atoms with van der Waals surface area (Å²) >= 11 is 0. The highest BCUT2D eigenvalue weighted by atomic mass is 16.6. The molecule has 0 saturated heterocycles. The Bertz CT molecular complexity index is 666. The standard InChI is InChI=1S/C25H46N4O4/c1-9-10-12-18(4)16-20(28-22(30)19(27)13-11-14-26)23(31)29(8)21(15-17(2)3)24(32)33-25(5,6)7/h17-21H,9-13,15-16,27H2,1-8H3,(H,28,30)/t18-,19-,20+,21+/m1/s1. The van der Waals surface area contributed by atoms with Crippen molar-refractivity contribution in [2.75, 3.05) is 7.05 Å². The Morgan fingerprint density at radius 1 is 1.12 bits per heavy atom. The molecule has 0 aliphatic carbocycles. The third-order valence-electron chi connectivity index (χ3n) is 5.40. The van der Waals surface area contributed by atoms with Gasteiger partial charge in [-0.25, -0.2) is 4.79 Å². The lowest BCUT2D eigenvalue weighted by Crippen LogP contribution is -2.56. The smallest absolute Gasteiger partial charge is 0.329 e. The summed E-state index contributed by atoms with van der Waals surface area (Å²) in [5.74, 6) is -0.892. The number of hydrogen-bond acceptors (Lipinski definition) is 6. The minimum absolute atomic E-state index is 0.161. The van der Waals surface area contributed by atoms with Gasteiger partial charge in [0.25, 0.3) is 0 Å². The number of rotatable bonds is 14. The Kier molecular flexibility index (Phi) is 13.9. The lowest BCUT2D eigenvalue weighted by Gasteiger charge is -2.34. The molecular weight excluding hydrogens is 420 g/mol. The van der Waals surface area contributed by atoms with Gasteiger partial charge in [-0.1, -0.05) is 47.0 Å². The Morgan fingerprint density at radius 2 is 1.73 bits per heavy atom. The molecule has 0 aliphatic rings. The van der Waals surface area contributed by atoms with Crippen LogP contribution in [0.4, 0.5) is 0 Å². The van der Waals surface area contributed by atoms with E-state index in [2.05, 4.69) is 19.2 Å². The minimum atomic E-state index is -0.867. The number of hydrogen-bond donors (Lipinski definition) is 2. The summed E-state index contributed by atoms with van der Waals surface area (Å²) in [6, 6.07) is -0.448. The van der Waals surface area contributed by atoms with Crippen LogP contribution in [-0.4, -0.2) is 53.5 Å². The maximum atomic E-state index is 13.5. The van der Waals surface area contributed by atoms with Crippen LogP contribution < -0.4 is 11.1 Å². The molecule has 0 aromatic carbocycles. The molecule has 33 heavy (non-hydrogen) atoms. The van der Waals surface area contributed by atoms with Gasteiger partial charge in [0, 0.05) is 13.5 Å². The SMILES string of the molecule is CCCC[C@@H](C)C[C@H](NC(=O)[C@H](N)CCC#N)C(=O)N(C)[C@@H](CC(C)C)C(=O)OC(C)(C)C. The number of nitrogens with two attached hydrogens (primary N) is 1. The van der Waals surface area contributed by atoms with E-state index in [1.165, 1.54) is 4.90 Å². The molecule has 3 N–H and O–H groups in total. The fourth-order valence-electron chi connectivity index (χ4n) is 3.55. The van der Waals surface area contributed by atoms with Crippen LogP contribution in [0.3, 0.4) is 0 Å². The first kappa shape index (κ1) is 30.9. The van der Waals surface area contributed by atoms with Gasteiger partial charge in [-0.15, -0.1) is 0 Å². The normalized spacial score (nSPS) is 15.2. The van der Waals surface area contributed by atoms with Crippen molar-refractivity contribution in [1.29, 1.82) is 5.26 Å². The summed E-state index contributed by atoms with van der Waals surface area (Å²) < 4.78 is 5.58. The second-order valence-electron chi connectivity index (χ2n) is 10.5. The van der Waals surface area contributed by atoms with E-state index in [4.69, 9.17) is 15.7 Å². The van der Waals surface area contributed by atoms with E-state index >= 15 is 0 Å². The maximum absolute atomic E-state index is 13.5. The lowest BCUT2D eigenvalue weighted by molar-refractivity contribution is -0.165. The molecule has 0 aromatic heterocycles. The maximum Gasteiger partial charge on any atom is 0.329 e. The minimum Gasteiger partial charge on any atom is -0.458 e. The van der Waals surface area contributed by atoms with E-state index in [1.807, 2.05) is 19.9 Å². The summed E-state index contributed by atoms with van der Waals surface area (Å²) in [6.07, 6.45) is 4.29. The lowest BCUT2D eigenvalue weighted by atomic mass is 9.94. The second kappa shape index (κ2) is 14.9. The van der Waals surface area contributed by atoms with Crippen LogP contribution in [-0.2, 0) is 19.1 Å². The number of ether oxygens (including phenoxy) is 1. The molecular formula is C25H46N4O4. The van der Waals surface area contributed by atoms with Crippen LogP contribution in [0, 0.1) is 23.2 Å². The molecule has 0 unspecified atom stereocenters. The van der Waals surface area contributed by atoms with Crippen molar-refractivity contribution in [3.05, 3.63) is 0 Å². The number of nitrogens with one attached hydrogen (secondary N) is 1. The van der Waals surface area contributed by atoms with Crippen LogP contribution in [0.5, 0.6) is 0 Å². The zero-order valence-electron chi connectivity index (χ0n) is 21.9. The highest BCUT2D eigenvalue weighted by Crippen LogP contribution is 2.20. The second-order valence-corrected chi connectivity index (χ2v) is 10.5. The predicted molar refractivity (Wildman–Crippen MR) is 130 cm³/mol. The first-order chi connectivity index (χ1) is 15.2. The van der Waals surface area contributed by atoms with Gasteiger partial charge in [0.05, 0.1) is 12.1 Å². The molecule has 8 heteroatoms. The van der Waals surface area contributed by atoms with Crippen molar-refractivity contribution in [1.82, 2.24) is 10.2 Å². The monoisotopic (exact) mass is 466 g/mol. The summed E-state index contributed by atoms with van der Waals surface area (Å²) in [5, 5.41) is 11.6. The van der Waals surface area contributed by atoms with Crippen molar-refractivity contribution in [2.45, 2.75) is 117 Å². The number of unbranched alkanes of at least 4 members (excludes halogenated alkanes) is 1. The molecule has 2 amide bonds. The molecule has 4 atom stereocenters. The van der Waals surface area contributed by atoms with E-state index in [9.17, 15) is 14.4 Å². The van der Waals surface area contributed by atoms with E-state index < -0.39 is 35.6 Å². The molecule has 0 fully saturated rings. The van der Waals surface area contributed by atoms with Gasteiger partial charge < -0.3 is 20.7 Å². The first-order valence-corrected chi connectivity index (χ1v) is 12.2. The zero-order valence-corrected chi connectivity index (χ0v) is 21.9. The van der Waals surface area contributed by atoms with Gasteiger partial charge in [-0.2, -0.15) is 5.26 Å². The van der Waals surface area contributed by atoms with Crippen molar-refractivity contribution in [3.63, 3.8) is 0 Å². The summed E-state index contributed by atoms with van der Waals surface area (Å²) in [5.41, 5.74) is 5.25. The van der Waals surface area contributed by atoms with E-state index in [-0.39, 0.29) is 30.6 Å². The molecule has 0 spiro atoms. The molecule has 0 saturated carbocycles. The highest BCUT2D eigenvalue weighted by Gasteiger charge is 2.36. The van der Waals surface area contributed by atoms with Gasteiger partial charge in [0.15, 0.2) is 0 Å². The summed E-state index contributed by atoms with van der Waals surface area (Å²) in [4.78, 5) is 40.5. The number of likely N-dealkylation sites (N-methyl/N-ethyl adjacent to an activating group) is 1. The number of nitrogens with zero attached hydrogens (tertiary/aromatic N) is 2. The van der Waals surface area contributed by atoms with Crippen molar-refractivity contribution in [3.8, 4) is 6.07 Å². The fraction of sp³-hybridized carbons (Fsp3) is 0.840. The molecule has 0 rings (SSSR count). The number of carbonyl (C=O) groups is 3. The average Bonchev–Trinajstić information content (AvgIpc) is 2.71. The average molecular weight is 467 g/mol. The third kappa shape index (κ3) is 12.6. The highest BCUT2D eigenvalue weighted by molar-refractivity contribution is 5.92. The number of esters is 1. The number of amides is 2. The fourth-order valence-corrected chi connectivity index (χ4v) is 3.55. The molecule has 0 aliphatic heterocycles. The molecule has 0 radical (unpaired) electrons. The van der Waals surface area contributed by atoms with Crippen LogP contribution in [0.15, 0.2) is 0 Å². The Balaban J connectivity index is 5.73. The molecule has 190 valence electrons. The molecule has 0 aromatic rings. The molecule has 0 bridgehead atoms. The Morgan fingerprint density at radius 3 is 2.21 bits per heavy atom. The van der Waals surface area contributed by atoms with E-state index in [0.29, 0.717) is 12.8 Å². The van der Waals surface area contributed by atoms with Gasteiger partial charge in [-0.3, -0.25) is 9.59 Å². The predicted octanol–water partition coefficient (Wildman–Crippen LogP) is 3.53. The Labute approximate surface area is 200 Å². The molecule has 8 nitrogen and oxygen atoms in total. The van der Waals surface area contributed by atoms with Crippen LogP contribution in [0.1, 0.15) is 93.4 Å². The van der Waals surface area contributed by atoms with Gasteiger partial charge >= 0.3 is 5.97 Å². The van der Waals surface area contributed by atoms with Crippen LogP contribution in [0.25, 0.3) is 0 Å². The van der Waals surface area contributed by atoms with Crippen molar-refractivity contribution < 1.29 is 19.1 Å². The molecule has 0 heterocycles. The third-order valence-corrected chi connectivity index (χ3v) is 5.40. The van der Waals surface area contributed by atoms with Crippen molar-refractivity contribution in [2.24, 2.45) is 17.6 Å². The van der Waals surface area contributed by atoms with Gasteiger partial charge in [-0.05, 0) is 51.9 Å². The van der Waals surface area contributed by atoms with E-state index in [0.717, 1.165) is 19.3 Å². The van der Waals surface area contributed by atoms with Crippen LogP contribution >= 0.6 is 0 Å². The summed E-state index contributed by atoms with van der Waals surface area (Å²) in [7, 11) is 1.59. The number of nitriles is 1. The summed E-state index contributed by atoms with van der Waals surface area (Å²) in [6.45, 7) is 13.5. The van der Waals surface area contributed by atoms with Crippen molar-refractivity contribution >= 4 is 17.8 Å². The van der Waals surface area contributed by atoms with Gasteiger partial charge in [0.1, 0.15) is 17.7 Å². The topological polar surface area (TPSA) is 126 Å². The quantitative estimate of drug-likeness (QED) is 0.377. The van der Waals surface area contributed by atoms with E-state index in [1.54, 1.807) is 27.8 Å². The van der Waals surface area contributed by atoms with Crippen LogP contribution in [0.2, 0.25) is 0 Å². The largest absolute Gasteiger partial charge is 0.458 e. The Hall–Kier alpha value is -2.14. The zero-order chi connectivity index (χ0) is 25.8. The first-order valence-electron chi connectivity index (χ1n) is 12.2. The number of carbonyl (C=O) groups excluding carboxylic acids is 3.